The number of halogens is 1. The standard InChI is InChI=1S/C15H17FN2S/c1-17-14(10-5-4-6-11(16)9-10)15-18-12-7-2-3-8-13(12)19-15/h4-6,9,14,17H,2-3,7-8H2,1H3. The van der Waals surface area contributed by atoms with Crippen LogP contribution < -0.4 is 5.32 Å². The quantitative estimate of drug-likeness (QED) is 0.928. The summed E-state index contributed by atoms with van der Waals surface area (Å²) in [5.41, 5.74) is 2.19. The fourth-order valence-corrected chi connectivity index (χ4v) is 3.91. The molecule has 0 spiro atoms. The van der Waals surface area contributed by atoms with E-state index in [-0.39, 0.29) is 11.9 Å². The monoisotopic (exact) mass is 276 g/mol. The second-order valence-corrected chi connectivity index (χ2v) is 6.02. The third-order valence-electron chi connectivity index (χ3n) is 3.58. The predicted octanol–water partition coefficient (Wildman–Crippen LogP) is 3.47. The Hall–Kier alpha value is -1.26. The van der Waals surface area contributed by atoms with Crippen molar-refractivity contribution in [2.24, 2.45) is 0 Å². The van der Waals surface area contributed by atoms with E-state index in [1.807, 2.05) is 13.1 Å². The molecule has 3 rings (SSSR count). The zero-order valence-electron chi connectivity index (χ0n) is 10.9. The number of hydrogen-bond acceptors (Lipinski definition) is 3. The van der Waals surface area contributed by atoms with Crippen LogP contribution in [-0.4, -0.2) is 12.0 Å². The van der Waals surface area contributed by atoms with Crippen molar-refractivity contribution in [2.45, 2.75) is 31.7 Å². The molecule has 0 bridgehead atoms. The Bertz CT molecular complexity index is 556. The summed E-state index contributed by atoms with van der Waals surface area (Å²) in [7, 11) is 1.90. The highest BCUT2D eigenvalue weighted by atomic mass is 32.1. The van der Waals surface area contributed by atoms with Gasteiger partial charge in [-0.25, -0.2) is 9.37 Å². The summed E-state index contributed by atoms with van der Waals surface area (Å²) in [4.78, 5) is 6.18. The number of rotatable bonds is 3. The maximum absolute atomic E-state index is 13.4. The Kier molecular flexibility index (Phi) is 3.62. The lowest BCUT2D eigenvalue weighted by Gasteiger charge is -2.13. The van der Waals surface area contributed by atoms with E-state index in [4.69, 9.17) is 4.98 Å². The highest BCUT2D eigenvalue weighted by Crippen LogP contribution is 2.32. The first-order chi connectivity index (χ1) is 9.28. The summed E-state index contributed by atoms with van der Waals surface area (Å²) in [6.45, 7) is 0. The molecule has 0 fully saturated rings. The molecule has 0 saturated carbocycles. The molecular weight excluding hydrogens is 259 g/mol. The van der Waals surface area contributed by atoms with E-state index in [9.17, 15) is 4.39 Å². The van der Waals surface area contributed by atoms with Gasteiger partial charge in [-0.3, -0.25) is 0 Å². The Morgan fingerprint density at radius 2 is 2.16 bits per heavy atom. The maximum atomic E-state index is 13.4. The number of hydrogen-bond donors (Lipinski definition) is 1. The van der Waals surface area contributed by atoms with Crippen LogP contribution in [0.2, 0.25) is 0 Å². The first-order valence-corrected chi connectivity index (χ1v) is 7.51. The molecule has 0 radical (unpaired) electrons. The molecule has 0 saturated heterocycles. The number of aryl methyl sites for hydroxylation is 2. The van der Waals surface area contributed by atoms with Crippen LogP contribution in [0.5, 0.6) is 0 Å². The highest BCUT2D eigenvalue weighted by Gasteiger charge is 2.21. The van der Waals surface area contributed by atoms with E-state index in [2.05, 4.69) is 5.32 Å². The SMILES string of the molecule is CNC(c1cccc(F)c1)c1nc2c(s1)CCCC2. The van der Waals surface area contributed by atoms with Crippen molar-refractivity contribution in [1.82, 2.24) is 10.3 Å². The van der Waals surface area contributed by atoms with Gasteiger partial charge in [0.2, 0.25) is 0 Å². The smallest absolute Gasteiger partial charge is 0.123 e. The minimum absolute atomic E-state index is 0.00806. The van der Waals surface area contributed by atoms with Crippen molar-refractivity contribution in [3.8, 4) is 0 Å². The topological polar surface area (TPSA) is 24.9 Å². The van der Waals surface area contributed by atoms with Crippen molar-refractivity contribution in [3.63, 3.8) is 0 Å². The number of thiazole rings is 1. The van der Waals surface area contributed by atoms with Gasteiger partial charge in [-0.05, 0) is 50.4 Å². The third kappa shape index (κ3) is 2.55. The van der Waals surface area contributed by atoms with Crippen LogP contribution in [0.3, 0.4) is 0 Å². The molecule has 1 aromatic heterocycles. The summed E-state index contributed by atoms with van der Waals surface area (Å²) >= 11 is 1.77. The first kappa shape index (κ1) is 12.8. The van der Waals surface area contributed by atoms with Gasteiger partial charge in [-0.2, -0.15) is 0 Å². The van der Waals surface area contributed by atoms with E-state index < -0.39 is 0 Å². The third-order valence-corrected chi connectivity index (χ3v) is 4.80. The summed E-state index contributed by atoms with van der Waals surface area (Å²) in [5, 5.41) is 4.31. The van der Waals surface area contributed by atoms with E-state index in [0.717, 1.165) is 23.4 Å². The summed E-state index contributed by atoms with van der Waals surface area (Å²) in [5.74, 6) is -0.195. The van der Waals surface area contributed by atoms with Gasteiger partial charge in [0, 0.05) is 4.88 Å². The normalized spacial score (nSPS) is 16.1. The Labute approximate surface area is 116 Å². The Morgan fingerprint density at radius 3 is 2.89 bits per heavy atom. The first-order valence-electron chi connectivity index (χ1n) is 6.69. The van der Waals surface area contributed by atoms with Crippen LogP contribution in [0, 0.1) is 5.82 Å². The van der Waals surface area contributed by atoms with Crippen molar-refractivity contribution in [2.75, 3.05) is 7.05 Å². The minimum atomic E-state index is -0.195. The maximum Gasteiger partial charge on any atom is 0.123 e. The zero-order chi connectivity index (χ0) is 13.2. The fourth-order valence-electron chi connectivity index (χ4n) is 2.61. The molecule has 1 aliphatic rings. The summed E-state index contributed by atoms with van der Waals surface area (Å²) in [6.07, 6.45) is 4.73. The summed E-state index contributed by atoms with van der Waals surface area (Å²) in [6, 6.07) is 6.75. The largest absolute Gasteiger partial charge is 0.307 e. The molecule has 0 aliphatic heterocycles. The van der Waals surface area contributed by atoms with E-state index in [0.29, 0.717) is 0 Å². The second-order valence-electron chi connectivity index (χ2n) is 4.91. The lowest BCUT2D eigenvalue weighted by Crippen LogP contribution is -2.17. The van der Waals surface area contributed by atoms with E-state index in [1.54, 1.807) is 23.5 Å². The average Bonchev–Trinajstić information content (AvgIpc) is 2.83. The van der Waals surface area contributed by atoms with Crippen LogP contribution in [0.25, 0.3) is 0 Å². The van der Waals surface area contributed by atoms with Crippen LogP contribution in [-0.2, 0) is 12.8 Å². The van der Waals surface area contributed by atoms with Gasteiger partial charge in [0.05, 0.1) is 11.7 Å². The zero-order valence-corrected chi connectivity index (χ0v) is 11.8. The van der Waals surface area contributed by atoms with E-state index in [1.165, 1.54) is 29.5 Å². The number of nitrogens with one attached hydrogen (secondary N) is 1. The molecule has 1 aromatic carbocycles. The molecule has 1 unspecified atom stereocenters. The van der Waals surface area contributed by atoms with Gasteiger partial charge in [-0.15, -0.1) is 11.3 Å². The molecule has 1 N–H and O–H groups in total. The van der Waals surface area contributed by atoms with Gasteiger partial charge in [0.25, 0.3) is 0 Å². The number of aromatic nitrogens is 1. The predicted molar refractivity (Wildman–Crippen MR) is 76.1 cm³/mol. The van der Waals surface area contributed by atoms with Crippen LogP contribution in [0.1, 0.15) is 40.0 Å². The second kappa shape index (κ2) is 5.39. The molecular formula is C15H17FN2S. The molecule has 0 amide bonds. The number of benzene rings is 1. The van der Waals surface area contributed by atoms with Gasteiger partial charge < -0.3 is 5.32 Å². The minimum Gasteiger partial charge on any atom is -0.307 e. The van der Waals surface area contributed by atoms with Crippen molar-refractivity contribution < 1.29 is 4.39 Å². The molecule has 4 heteroatoms. The highest BCUT2D eigenvalue weighted by molar-refractivity contribution is 7.11. The van der Waals surface area contributed by atoms with Gasteiger partial charge in [-0.1, -0.05) is 12.1 Å². The number of nitrogens with zero attached hydrogens (tertiary/aromatic N) is 1. The molecule has 19 heavy (non-hydrogen) atoms. The summed E-state index contributed by atoms with van der Waals surface area (Å²) < 4.78 is 13.4. The fraction of sp³-hybridized carbons (Fsp3) is 0.400. The molecule has 100 valence electrons. The molecule has 2 nitrogen and oxygen atoms in total. The van der Waals surface area contributed by atoms with Crippen molar-refractivity contribution in [3.05, 3.63) is 51.2 Å². The molecule has 1 atom stereocenters. The molecule has 2 aromatic rings. The van der Waals surface area contributed by atoms with Crippen molar-refractivity contribution >= 4 is 11.3 Å². The lowest BCUT2D eigenvalue weighted by atomic mass is 10.0. The van der Waals surface area contributed by atoms with Crippen LogP contribution in [0.4, 0.5) is 4.39 Å². The van der Waals surface area contributed by atoms with Gasteiger partial charge in [0.1, 0.15) is 10.8 Å². The Morgan fingerprint density at radius 1 is 1.32 bits per heavy atom. The lowest BCUT2D eigenvalue weighted by molar-refractivity contribution is 0.615. The Balaban J connectivity index is 1.96. The van der Waals surface area contributed by atoms with E-state index >= 15 is 0 Å². The van der Waals surface area contributed by atoms with Crippen molar-refractivity contribution in [1.29, 1.82) is 0 Å². The number of fused-ring (bicyclic) bond motifs is 1. The van der Waals surface area contributed by atoms with Crippen LogP contribution in [0.15, 0.2) is 24.3 Å². The van der Waals surface area contributed by atoms with Crippen LogP contribution >= 0.6 is 11.3 Å². The van der Waals surface area contributed by atoms with Gasteiger partial charge in [0.15, 0.2) is 0 Å². The molecule has 1 aliphatic carbocycles. The molecule has 1 heterocycles. The average molecular weight is 276 g/mol. The van der Waals surface area contributed by atoms with Gasteiger partial charge >= 0.3 is 0 Å².